The third-order valence-electron chi connectivity index (χ3n) is 5.05. The Bertz CT molecular complexity index is 1180. The summed E-state index contributed by atoms with van der Waals surface area (Å²) in [6.45, 7) is 0.681. The standard InChI is InChI=1S/C24H19N3O2S/c28-23-15-29-22-10-9-18(20-16-30-24(26-20)19-8-4-5-12-25-19)14-21(22)27(23)13-11-17-6-2-1-3-7-17/h1-10,12,14,16H,11,13,15H2. The summed E-state index contributed by atoms with van der Waals surface area (Å²) in [5.41, 5.74) is 4.68. The fourth-order valence-corrected chi connectivity index (χ4v) is 4.31. The molecule has 0 spiro atoms. The van der Waals surface area contributed by atoms with Crippen LogP contribution in [0.25, 0.3) is 22.0 Å². The van der Waals surface area contributed by atoms with Crippen LogP contribution in [0.2, 0.25) is 0 Å². The lowest BCUT2D eigenvalue weighted by Crippen LogP contribution is -2.40. The molecule has 2 aromatic heterocycles. The maximum absolute atomic E-state index is 12.6. The van der Waals surface area contributed by atoms with Crippen molar-refractivity contribution in [1.82, 2.24) is 9.97 Å². The van der Waals surface area contributed by atoms with Gasteiger partial charge in [0.2, 0.25) is 0 Å². The predicted molar refractivity (Wildman–Crippen MR) is 119 cm³/mol. The molecular formula is C24H19N3O2S. The predicted octanol–water partition coefficient (Wildman–Crippen LogP) is 4.84. The van der Waals surface area contributed by atoms with Crippen molar-refractivity contribution in [3.63, 3.8) is 0 Å². The average molecular weight is 414 g/mol. The van der Waals surface area contributed by atoms with E-state index in [-0.39, 0.29) is 12.5 Å². The van der Waals surface area contributed by atoms with Gasteiger partial charge in [0.15, 0.2) is 6.61 Å². The maximum Gasteiger partial charge on any atom is 0.265 e. The van der Waals surface area contributed by atoms with Crippen molar-refractivity contribution in [3.8, 4) is 27.7 Å². The summed E-state index contributed by atoms with van der Waals surface area (Å²) in [6.07, 6.45) is 2.56. The number of nitrogens with zero attached hydrogens (tertiary/aromatic N) is 3. The van der Waals surface area contributed by atoms with Crippen molar-refractivity contribution in [2.75, 3.05) is 18.1 Å². The van der Waals surface area contributed by atoms with Crippen molar-refractivity contribution in [2.45, 2.75) is 6.42 Å². The lowest BCUT2D eigenvalue weighted by atomic mass is 10.1. The molecule has 0 saturated heterocycles. The number of benzene rings is 2. The highest BCUT2D eigenvalue weighted by atomic mass is 32.1. The summed E-state index contributed by atoms with van der Waals surface area (Å²) in [5.74, 6) is 0.703. The van der Waals surface area contributed by atoms with E-state index in [2.05, 4.69) is 17.1 Å². The third kappa shape index (κ3) is 3.69. The van der Waals surface area contributed by atoms with E-state index in [9.17, 15) is 4.79 Å². The minimum absolute atomic E-state index is 0.0250. The van der Waals surface area contributed by atoms with Crippen LogP contribution in [0, 0.1) is 0 Å². The number of hydrogen-bond acceptors (Lipinski definition) is 5. The van der Waals surface area contributed by atoms with Gasteiger partial charge in [-0.2, -0.15) is 0 Å². The second-order valence-corrected chi connectivity index (χ2v) is 7.86. The first-order chi connectivity index (χ1) is 14.8. The monoisotopic (exact) mass is 413 g/mol. The van der Waals surface area contributed by atoms with Crippen LogP contribution in [0.4, 0.5) is 5.69 Å². The van der Waals surface area contributed by atoms with Crippen LogP contribution < -0.4 is 9.64 Å². The molecule has 0 N–H and O–H groups in total. The highest BCUT2D eigenvalue weighted by Gasteiger charge is 2.26. The van der Waals surface area contributed by atoms with Crippen LogP contribution >= 0.6 is 11.3 Å². The van der Waals surface area contributed by atoms with E-state index in [0.29, 0.717) is 6.54 Å². The van der Waals surface area contributed by atoms with Gasteiger partial charge in [0.05, 0.1) is 17.1 Å². The van der Waals surface area contributed by atoms with Gasteiger partial charge in [-0.1, -0.05) is 36.4 Å². The normalized spacial score (nSPS) is 13.1. The van der Waals surface area contributed by atoms with Gasteiger partial charge in [-0.3, -0.25) is 9.78 Å². The number of pyridine rings is 1. The zero-order valence-electron chi connectivity index (χ0n) is 16.2. The van der Waals surface area contributed by atoms with Crippen LogP contribution in [0.3, 0.4) is 0 Å². The number of aromatic nitrogens is 2. The first-order valence-corrected chi connectivity index (χ1v) is 10.6. The lowest BCUT2D eigenvalue weighted by molar-refractivity contribution is -0.121. The first kappa shape index (κ1) is 18.5. The number of carbonyl (C=O) groups excluding carboxylic acids is 1. The molecule has 0 unspecified atom stereocenters. The second kappa shape index (κ2) is 8.08. The van der Waals surface area contributed by atoms with Crippen LogP contribution in [-0.2, 0) is 11.2 Å². The number of thiazole rings is 1. The number of fused-ring (bicyclic) bond motifs is 1. The molecule has 0 aliphatic carbocycles. The van der Waals surface area contributed by atoms with Gasteiger partial charge in [-0.15, -0.1) is 11.3 Å². The molecule has 6 heteroatoms. The fraction of sp³-hybridized carbons (Fsp3) is 0.125. The topological polar surface area (TPSA) is 55.3 Å². The molecule has 3 heterocycles. The van der Waals surface area contributed by atoms with Gasteiger partial charge in [-0.25, -0.2) is 4.98 Å². The molecular weight excluding hydrogens is 394 g/mol. The summed E-state index contributed by atoms with van der Waals surface area (Å²) in [7, 11) is 0. The molecule has 30 heavy (non-hydrogen) atoms. The number of hydrogen-bond donors (Lipinski definition) is 0. The molecule has 5 nitrogen and oxygen atoms in total. The van der Waals surface area contributed by atoms with E-state index in [0.717, 1.165) is 39.8 Å². The van der Waals surface area contributed by atoms with Gasteiger partial charge in [-0.05, 0) is 42.3 Å². The number of ether oxygens (including phenoxy) is 1. The van der Waals surface area contributed by atoms with Gasteiger partial charge >= 0.3 is 0 Å². The summed E-state index contributed by atoms with van der Waals surface area (Å²) < 4.78 is 5.66. The highest BCUT2D eigenvalue weighted by molar-refractivity contribution is 7.13. The Labute approximate surface area is 178 Å². The zero-order chi connectivity index (χ0) is 20.3. The Balaban J connectivity index is 1.44. The zero-order valence-corrected chi connectivity index (χ0v) is 17.0. The largest absolute Gasteiger partial charge is 0.482 e. The highest BCUT2D eigenvalue weighted by Crippen LogP contribution is 2.37. The van der Waals surface area contributed by atoms with Gasteiger partial charge < -0.3 is 9.64 Å². The number of amides is 1. The lowest BCUT2D eigenvalue weighted by Gasteiger charge is -2.29. The van der Waals surface area contributed by atoms with Crippen LogP contribution in [0.5, 0.6) is 5.75 Å². The summed E-state index contributed by atoms with van der Waals surface area (Å²) in [4.78, 5) is 23.5. The molecule has 1 aliphatic rings. The molecule has 0 saturated carbocycles. The molecule has 2 aromatic carbocycles. The van der Waals surface area contributed by atoms with Crippen molar-refractivity contribution >= 4 is 22.9 Å². The fourth-order valence-electron chi connectivity index (χ4n) is 3.51. The third-order valence-corrected chi connectivity index (χ3v) is 5.92. The SMILES string of the molecule is O=C1COc2ccc(-c3csc(-c4ccccn4)n3)cc2N1CCc1ccccc1. The second-order valence-electron chi connectivity index (χ2n) is 7.01. The van der Waals surface area contributed by atoms with E-state index in [4.69, 9.17) is 9.72 Å². The van der Waals surface area contributed by atoms with Crippen LogP contribution in [0.15, 0.2) is 78.3 Å². The van der Waals surface area contributed by atoms with Crippen molar-refractivity contribution < 1.29 is 9.53 Å². The van der Waals surface area contributed by atoms with Crippen molar-refractivity contribution in [2.24, 2.45) is 0 Å². The Morgan fingerprint density at radius 1 is 1.00 bits per heavy atom. The minimum atomic E-state index is -0.0250. The van der Waals surface area contributed by atoms with E-state index in [1.54, 1.807) is 17.5 Å². The van der Waals surface area contributed by atoms with E-state index >= 15 is 0 Å². The van der Waals surface area contributed by atoms with E-state index in [1.165, 1.54) is 5.56 Å². The molecule has 5 rings (SSSR count). The molecule has 1 aliphatic heterocycles. The quantitative estimate of drug-likeness (QED) is 0.470. The minimum Gasteiger partial charge on any atom is -0.482 e. The Morgan fingerprint density at radius 3 is 2.70 bits per heavy atom. The number of rotatable bonds is 5. The van der Waals surface area contributed by atoms with Crippen LogP contribution in [0.1, 0.15) is 5.56 Å². The Morgan fingerprint density at radius 2 is 1.87 bits per heavy atom. The summed E-state index contributed by atoms with van der Waals surface area (Å²) in [6, 6.07) is 21.9. The maximum atomic E-state index is 12.6. The van der Waals surface area contributed by atoms with Crippen molar-refractivity contribution in [1.29, 1.82) is 0 Å². The van der Waals surface area contributed by atoms with Gasteiger partial charge in [0, 0.05) is 23.7 Å². The van der Waals surface area contributed by atoms with Gasteiger partial charge in [0.25, 0.3) is 5.91 Å². The van der Waals surface area contributed by atoms with Crippen molar-refractivity contribution in [3.05, 3.63) is 83.9 Å². The number of carbonyl (C=O) groups is 1. The van der Waals surface area contributed by atoms with Gasteiger partial charge in [0.1, 0.15) is 10.8 Å². The first-order valence-electron chi connectivity index (χ1n) is 9.76. The van der Waals surface area contributed by atoms with E-state index in [1.807, 2.05) is 64.9 Å². The van der Waals surface area contributed by atoms with Crippen LogP contribution in [-0.4, -0.2) is 29.0 Å². The molecule has 4 aromatic rings. The summed E-state index contributed by atoms with van der Waals surface area (Å²) in [5, 5.41) is 2.89. The molecule has 1 amide bonds. The smallest absolute Gasteiger partial charge is 0.265 e. The molecule has 0 radical (unpaired) electrons. The number of anilines is 1. The Hall–Kier alpha value is -3.51. The molecule has 148 valence electrons. The average Bonchev–Trinajstić information content (AvgIpc) is 3.30. The van der Waals surface area contributed by atoms with E-state index < -0.39 is 0 Å². The molecule has 0 fully saturated rings. The Kier molecular flexibility index (Phi) is 4.99. The summed E-state index contributed by atoms with van der Waals surface area (Å²) >= 11 is 1.56. The molecule has 0 bridgehead atoms. The molecule has 0 atom stereocenters.